The van der Waals surface area contributed by atoms with Crippen LogP contribution in [0, 0.1) is 33.5 Å². The Hall–Kier alpha value is -1.68. The van der Waals surface area contributed by atoms with Gasteiger partial charge in [0.1, 0.15) is 0 Å². The maximum Gasteiger partial charge on any atom is 0.361 e. The molecule has 0 amide bonds. The molecule has 208 valence electrons. The van der Waals surface area contributed by atoms with Gasteiger partial charge in [-0.05, 0) is 83.1 Å². The third-order valence-electron chi connectivity index (χ3n) is 13.8. The number of allylic oxidation sites excluding steroid dienone is 2. The maximum atomic E-state index is 7.90. The SMILES string of the molecule is CC1(C)[C@H]2CC[C@]1(C)[C@H](O[Si]1(O[C@@H]3C[C@@H]4CC[C@@]3(C)C4(C)C)[C@H](c3ccccc3)C=C[C@H]1c1ccccc1)C2. The van der Waals surface area contributed by atoms with Crippen molar-refractivity contribution in [1.29, 1.82) is 0 Å². The lowest BCUT2D eigenvalue weighted by atomic mass is 9.70. The highest BCUT2D eigenvalue weighted by Gasteiger charge is 2.69. The molecule has 0 saturated heterocycles. The van der Waals surface area contributed by atoms with Crippen molar-refractivity contribution >= 4 is 8.56 Å². The van der Waals surface area contributed by atoms with Gasteiger partial charge in [0.25, 0.3) is 0 Å². The number of benzene rings is 2. The van der Waals surface area contributed by atoms with Crippen molar-refractivity contribution in [1.82, 2.24) is 0 Å². The van der Waals surface area contributed by atoms with Crippen molar-refractivity contribution in [2.75, 3.05) is 0 Å². The van der Waals surface area contributed by atoms with Crippen molar-refractivity contribution in [3.8, 4) is 0 Å². The molecule has 4 fully saturated rings. The Morgan fingerprint density at radius 1 is 0.590 bits per heavy atom. The number of rotatable bonds is 6. The van der Waals surface area contributed by atoms with Crippen LogP contribution in [0.25, 0.3) is 0 Å². The van der Waals surface area contributed by atoms with Crippen LogP contribution in [-0.4, -0.2) is 20.8 Å². The van der Waals surface area contributed by atoms with Gasteiger partial charge in [0.05, 0.1) is 12.2 Å². The molecular formula is C36H48O2Si. The molecule has 39 heavy (non-hydrogen) atoms. The van der Waals surface area contributed by atoms with Crippen LogP contribution in [0.4, 0.5) is 0 Å². The van der Waals surface area contributed by atoms with Crippen LogP contribution in [0.3, 0.4) is 0 Å². The van der Waals surface area contributed by atoms with E-state index in [0.29, 0.717) is 10.8 Å². The average molecular weight is 541 g/mol. The minimum atomic E-state index is -2.91. The molecule has 1 heterocycles. The molecule has 2 nitrogen and oxygen atoms in total. The summed E-state index contributed by atoms with van der Waals surface area (Å²) in [5.41, 5.74) is 4.13. The van der Waals surface area contributed by atoms with Crippen LogP contribution in [-0.2, 0) is 8.85 Å². The van der Waals surface area contributed by atoms with E-state index in [1.807, 2.05) is 0 Å². The molecule has 0 N–H and O–H groups in total. The molecule has 4 bridgehead atoms. The summed E-state index contributed by atoms with van der Waals surface area (Å²) in [6.45, 7) is 15.1. The van der Waals surface area contributed by atoms with E-state index < -0.39 is 8.56 Å². The molecule has 0 radical (unpaired) electrons. The normalized spacial score (nSPS) is 42.4. The molecule has 1 aliphatic heterocycles. The van der Waals surface area contributed by atoms with E-state index in [1.54, 1.807) is 0 Å². The molecule has 0 unspecified atom stereocenters. The fourth-order valence-corrected chi connectivity index (χ4v) is 14.8. The summed E-state index contributed by atoms with van der Waals surface area (Å²) in [7, 11) is -2.91. The smallest absolute Gasteiger partial charge is 0.361 e. The molecule has 0 aromatic heterocycles. The van der Waals surface area contributed by atoms with Gasteiger partial charge < -0.3 is 8.85 Å². The van der Waals surface area contributed by atoms with Gasteiger partial charge in [-0.1, -0.05) is 114 Å². The summed E-state index contributed by atoms with van der Waals surface area (Å²) in [6, 6.07) is 22.3. The van der Waals surface area contributed by atoms with Gasteiger partial charge in [0.15, 0.2) is 0 Å². The Labute approximate surface area is 237 Å². The largest absolute Gasteiger partial charge is 0.389 e. The average Bonchev–Trinajstić information content (AvgIpc) is 3.58. The van der Waals surface area contributed by atoms with Crippen molar-refractivity contribution in [3.63, 3.8) is 0 Å². The minimum absolute atomic E-state index is 0.195. The highest BCUT2D eigenvalue weighted by Crippen LogP contribution is 2.69. The van der Waals surface area contributed by atoms with Crippen molar-refractivity contribution in [3.05, 3.63) is 83.9 Å². The molecule has 5 aliphatic rings. The molecule has 7 rings (SSSR count). The second-order valence-electron chi connectivity index (χ2n) is 15.3. The van der Waals surface area contributed by atoms with Crippen LogP contribution >= 0.6 is 0 Å². The molecule has 0 spiro atoms. The van der Waals surface area contributed by atoms with E-state index in [0.717, 1.165) is 11.8 Å². The van der Waals surface area contributed by atoms with Gasteiger partial charge in [-0.2, -0.15) is 0 Å². The van der Waals surface area contributed by atoms with E-state index in [2.05, 4.69) is 114 Å². The summed E-state index contributed by atoms with van der Waals surface area (Å²) in [5, 5.41) is 0. The Morgan fingerprint density at radius 3 is 1.28 bits per heavy atom. The number of fused-ring (bicyclic) bond motifs is 4. The Kier molecular flexibility index (Phi) is 5.83. The predicted molar refractivity (Wildman–Crippen MR) is 161 cm³/mol. The summed E-state index contributed by atoms with van der Waals surface area (Å²) >= 11 is 0. The number of hydrogen-bond acceptors (Lipinski definition) is 2. The zero-order chi connectivity index (χ0) is 27.3. The van der Waals surface area contributed by atoms with Gasteiger partial charge in [-0.15, -0.1) is 0 Å². The van der Waals surface area contributed by atoms with Crippen molar-refractivity contribution in [2.45, 2.75) is 103 Å². The zero-order valence-corrected chi connectivity index (χ0v) is 26.0. The van der Waals surface area contributed by atoms with Gasteiger partial charge in [0.2, 0.25) is 0 Å². The molecule has 4 aliphatic carbocycles. The van der Waals surface area contributed by atoms with Gasteiger partial charge in [-0.25, -0.2) is 0 Å². The molecule has 4 saturated carbocycles. The molecule has 3 heteroatoms. The fourth-order valence-electron chi connectivity index (χ4n) is 10.1. The lowest BCUT2D eigenvalue weighted by molar-refractivity contribution is -0.0402. The Bertz CT molecular complexity index is 1150. The third kappa shape index (κ3) is 3.45. The monoisotopic (exact) mass is 540 g/mol. The lowest BCUT2D eigenvalue weighted by Crippen LogP contribution is -2.58. The van der Waals surface area contributed by atoms with E-state index in [-0.39, 0.29) is 34.1 Å². The first-order valence-corrected chi connectivity index (χ1v) is 17.6. The molecule has 2 aromatic rings. The maximum absolute atomic E-state index is 7.90. The minimum Gasteiger partial charge on any atom is -0.389 e. The lowest BCUT2D eigenvalue weighted by Gasteiger charge is -2.49. The quantitative estimate of drug-likeness (QED) is 0.269. The van der Waals surface area contributed by atoms with E-state index in [1.165, 1.54) is 49.7 Å². The second kappa shape index (κ2) is 8.66. The van der Waals surface area contributed by atoms with Crippen molar-refractivity contribution in [2.24, 2.45) is 33.5 Å². The summed E-state index contributed by atoms with van der Waals surface area (Å²) < 4.78 is 15.8. The topological polar surface area (TPSA) is 18.5 Å². The standard InChI is InChI=1S/C36H48O2Si/c1-33(2)27-19-21-35(33,5)31(23-27)37-39(38-32-24-28-20-22-36(32,6)34(28,3)4)29(25-13-9-7-10-14-25)17-18-30(39)26-15-11-8-12-16-26/h7-18,27-32H,19-24H2,1-6H3/t27-,28-,29-,30-,31+,32+,35+,36+/m0/s1. The summed E-state index contributed by atoms with van der Waals surface area (Å²) in [4.78, 5) is 0. The third-order valence-corrected chi connectivity index (χ3v) is 17.9. The van der Waals surface area contributed by atoms with Gasteiger partial charge >= 0.3 is 8.56 Å². The molecule has 8 atom stereocenters. The number of hydrogen-bond donors (Lipinski definition) is 0. The van der Waals surface area contributed by atoms with Crippen LogP contribution in [0.15, 0.2) is 72.8 Å². The van der Waals surface area contributed by atoms with E-state index in [4.69, 9.17) is 8.85 Å². The van der Waals surface area contributed by atoms with Crippen molar-refractivity contribution < 1.29 is 8.85 Å². The first-order chi connectivity index (χ1) is 18.5. The zero-order valence-electron chi connectivity index (χ0n) is 25.0. The van der Waals surface area contributed by atoms with Crippen LogP contribution in [0.1, 0.15) is 102 Å². The van der Waals surface area contributed by atoms with Gasteiger partial charge in [0, 0.05) is 11.1 Å². The first kappa shape index (κ1) is 26.2. The van der Waals surface area contributed by atoms with Crippen LogP contribution < -0.4 is 0 Å². The Balaban J connectivity index is 1.37. The Morgan fingerprint density at radius 2 is 0.974 bits per heavy atom. The summed E-state index contributed by atoms with van der Waals surface area (Å²) in [5.74, 6) is 1.49. The summed E-state index contributed by atoms with van der Waals surface area (Å²) in [6.07, 6.45) is 13.1. The first-order valence-electron chi connectivity index (χ1n) is 15.7. The molecular weight excluding hydrogens is 492 g/mol. The highest BCUT2D eigenvalue weighted by molar-refractivity contribution is 6.72. The van der Waals surface area contributed by atoms with E-state index in [9.17, 15) is 0 Å². The van der Waals surface area contributed by atoms with Crippen LogP contribution in [0.5, 0.6) is 0 Å². The van der Waals surface area contributed by atoms with E-state index >= 15 is 0 Å². The second-order valence-corrected chi connectivity index (χ2v) is 18.5. The predicted octanol–water partition coefficient (Wildman–Crippen LogP) is 9.11. The van der Waals surface area contributed by atoms with Gasteiger partial charge in [-0.3, -0.25) is 0 Å². The highest BCUT2D eigenvalue weighted by atomic mass is 28.4. The molecule has 2 aromatic carbocycles. The fraction of sp³-hybridized carbons (Fsp3) is 0.611. The van der Waals surface area contributed by atoms with Crippen LogP contribution in [0.2, 0.25) is 0 Å².